The summed E-state index contributed by atoms with van der Waals surface area (Å²) < 4.78 is 5.37. The molecule has 1 aliphatic carbocycles. The van der Waals surface area contributed by atoms with E-state index in [0.29, 0.717) is 30.2 Å². The summed E-state index contributed by atoms with van der Waals surface area (Å²) in [7, 11) is 1.55. The topological polar surface area (TPSA) is 59.0 Å². The summed E-state index contributed by atoms with van der Waals surface area (Å²) in [5, 5.41) is 5.18. The zero-order valence-corrected chi connectivity index (χ0v) is 13.5. The third kappa shape index (κ3) is 3.78. The van der Waals surface area contributed by atoms with E-state index in [1.165, 1.54) is 42.7 Å². The van der Waals surface area contributed by atoms with Crippen LogP contribution in [-0.4, -0.2) is 29.6 Å². The minimum absolute atomic E-state index is 0.0848. The lowest BCUT2D eigenvalue weighted by Crippen LogP contribution is -2.33. The smallest absolute Gasteiger partial charge is 0.359 e. The zero-order chi connectivity index (χ0) is 16.2. The highest BCUT2D eigenvalue weighted by molar-refractivity contribution is 6.37. The largest absolute Gasteiger partial charge is 0.422 e. The molecule has 0 saturated heterocycles. The van der Waals surface area contributed by atoms with Gasteiger partial charge in [0.2, 0.25) is 5.91 Å². The summed E-state index contributed by atoms with van der Waals surface area (Å²) in [6, 6.07) is 7.80. The molecule has 2 aliphatic rings. The molecule has 1 aromatic rings. The highest BCUT2D eigenvalue weighted by Crippen LogP contribution is 2.33. The summed E-state index contributed by atoms with van der Waals surface area (Å²) in [4.78, 5) is 23.5. The van der Waals surface area contributed by atoms with Crippen molar-refractivity contribution >= 4 is 17.6 Å². The first kappa shape index (κ1) is 15.7. The van der Waals surface area contributed by atoms with Crippen molar-refractivity contribution < 1.29 is 14.3 Å². The SMILES string of the molecule is CN1N=C(C(=O)Oc2ccc(C3CCCCC3)cc2)CCC1=O. The van der Waals surface area contributed by atoms with Gasteiger partial charge in [-0.05, 0) is 36.5 Å². The van der Waals surface area contributed by atoms with Crippen LogP contribution in [0.3, 0.4) is 0 Å². The highest BCUT2D eigenvalue weighted by Gasteiger charge is 2.23. The van der Waals surface area contributed by atoms with Crippen LogP contribution in [0.15, 0.2) is 29.4 Å². The van der Waals surface area contributed by atoms with E-state index in [9.17, 15) is 9.59 Å². The average Bonchev–Trinajstić information content (AvgIpc) is 2.59. The van der Waals surface area contributed by atoms with Crippen LogP contribution in [0, 0.1) is 0 Å². The van der Waals surface area contributed by atoms with Crippen molar-refractivity contribution in [1.82, 2.24) is 5.01 Å². The second-order valence-electron chi connectivity index (χ2n) is 6.26. The van der Waals surface area contributed by atoms with E-state index >= 15 is 0 Å². The van der Waals surface area contributed by atoms with Gasteiger partial charge in [0.1, 0.15) is 11.5 Å². The van der Waals surface area contributed by atoms with E-state index in [4.69, 9.17) is 4.74 Å². The van der Waals surface area contributed by atoms with Gasteiger partial charge in [-0.1, -0.05) is 31.4 Å². The molecule has 0 bridgehead atoms. The molecule has 0 unspecified atom stereocenters. The Bertz CT molecular complexity index is 616. The molecule has 1 aromatic carbocycles. The summed E-state index contributed by atoms with van der Waals surface area (Å²) in [6.07, 6.45) is 7.06. The number of rotatable bonds is 3. The lowest BCUT2D eigenvalue weighted by Gasteiger charge is -2.22. The molecular weight excluding hydrogens is 292 g/mol. The molecule has 1 heterocycles. The first-order valence-electron chi connectivity index (χ1n) is 8.29. The van der Waals surface area contributed by atoms with E-state index in [-0.39, 0.29) is 5.91 Å². The standard InChI is InChI=1S/C18H22N2O3/c1-20-17(21)12-11-16(19-20)18(22)23-15-9-7-14(8-10-15)13-5-3-2-4-6-13/h7-10,13H,2-6,11-12H2,1H3. The molecule has 23 heavy (non-hydrogen) atoms. The maximum absolute atomic E-state index is 12.1. The molecule has 3 rings (SSSR count). The average molecular weight is 314 g/mol. The summed E-state index contributed by atoms with van der Waals surface area (Å²) in [5.41, 5.74) is 1.62. The number of hydrogen-bond acceptors (Lipinski definition) is 4. The lowest BCUT2D eigenvalue weighted by molar-refractivity contribution is -0.131. The van der Waals surface area contributed by atoms with Crippen LogP contribution in [0.1, 0.15) is 56.4 Å². The van der Waals surface area contributed by atoms with Crippen LogP contribution in [0.4, 0.5) is 0 Å². The van der Waals surface area contributed by atoms with Crippen molar-refractivity contribution in [2.45, 2.75) is 50.9 Å². The van der Waals surface area contributed by atoms with Gasteiger partial charge in [-0.25, -0.2) is 9.80 Å². The van der Waals surface area contributed by atoms with Gasteiger partial charge >= 0.3 is 5.97 Å². The Hall–Kier alpha value is -2.17. The van der Waals surface area contributed by atoms with E-state index in [1.807, 2.05) is 12.1 Å². The third-order valence-electron chi connectivity index (χ3n) is 4.61. The second kappa shape index (κ2) is 6.94. The molecule has 1 saturated carbocycles. The number of hydrogen-bond donors (Lipinski definition) is 0. The molecule has 5 heteroatoms. The van der Waals surface area contributed by atoms with Gasteiger partial charge in [-0.2, -0.15) is 5.10 Å². The number of amides is 1. The van der Waals surface area contributed by atoms with Crippen molar-refractivity contribution in [2.75, 3.05) is 7.05 Å². The van der Waals surface area contributed by atoms with Crippen molar-refractivity contribution in [3.63, 3.8) is 0 Å². The number of ether oxygens (including phenoxy) is 1. The van der Waals surface area contributed by atoms with Gasteiger partial charge in [0.25, 0.3) is 0 Å². The fourth-order valence-corrected chi connectivity index (χ4v) is 3.23. The van der Waals surface area contributed by atoms with Crippen LogP contribution in [-0.2, 0) is 9.59 Å². The fraction of sp³-hybridized carbons (Fsp3) is 0.500. The van der Waals surface area contributed by atoms with E-state index < -0.39 is 5.97 Å². The number of esters is 1. The summed E-state index contributed by atoms with van der Waals surface area (Å²) in [6.45, 7) is 0. The molecule has 122 valence electrons. The van der Waals surface area contributed by atoms with E-state index in [1.54, 1.807) is 7.05 Å². The van der Waals surface area contributed by atoms with E-state index in [2.05, 4.69) is 17.2 Å². The van der Waals surface area contributed by atoms with Crippen LogP contribution < -0.4 is 4.74 Å². The molecule has 0 atom stereocenters. The molecule has 1 fully saturated rings. The normalized spacial score (nSPS) is 19.4. The van der Waals surface area contributed by atoms with Crippen LogP contribution >= 0.6 is 0 Å². The van der Waals surface area contributed by atoms with Gasteiger partial charge in [-0.3, -0.25) is 4.79 Å². The van der Waals surface area contributed by atoms with Gasteiger partial charge in [0.05, 0.1) is 0 Å². The quantitative estimate of drug-likeness (QED) is 0.635. The van der Waals surface area contributed by atoms with Crippen molar-refractivity contribution in [2.24, 2.45) is 5.10 Å². The molecule has 1 amide bonds. The molecule has 5 nitrogen and oxygen atoms in total. The Labute approximate surface area is 136 Å². The van der Waals surface area contributed by atoms with Gasteiger partial charge in [-0.15, -0.1) is 0 Å². The van der Waals surface area contributed by atoms with Crippen molar-refractivity contribution in [3.8, 4) is 5.75 Å². The second-order valence-corrected chi connectivity index (χ2v) is 6.26. The summed E-state index contributed by atoms with van der Waals surface area (Å²) in [5.74, 6) is 0.598. The molecule has 0 aromatic heterocycles. The molecule has 0 spiro atoms. The van der Waals surface area contributed by atoms with Gasteiger partial charge < -0.3 is 4.74 Å². The number of hydrazone groups is 1. The Morgan fingerprint density at radius 3 is 2.48 bits per heavy atom. The molecule has 1 aliphatic heterocycles. The maximum Gasteiger partial charge on any atom is 0.359 e. The maximum atomic E-state index is 12.1. The van der Waals surface area contributed by atoms with E-state index in [0.717, 1.165) is 0 Å². The van der Waals surface area contributed by atoms with Crippen LogP contribution in [0.5, 0.6) is 5.75 Å². The monoisotopic (exact) mass is 314 g/mol. The lowest BCUT2D eigenvalue weighted by atomic mass is 9.84. The Kier molecular flexibility index (Phi) is 4.74. The Morgan fingerprint density at radius 1 is 1.13 bits per heavy atom. The van der Waals surface area contributed by atoms with Crippen molar-refractivity contribution in [1.29, 1.82) is 0 Å². The Morgan fingerprint density at radius 2 is 1.83 bits per heavy atom. The molecule has 0 N–H and O–H groups in total. The van der Waals surface area contributed by atoms with Gasteiger partial charge in [0, 0.05) is 19.9 Å². The highest BCUT2D eigenvalue weighted by atomic mass is 16.5. The third-order valence-corrected chi connectivity index (χ3v) is 4.61. The number of carbonyl (C=O) groups is 2. The number of benzene rings is 1. The minimum atomic E-state index is -0.477. The molecule has 0 radical (unpaired) electrons. The first-order valence-corrected chi connectivity index (χ1v) is 8.29. The summed E-state index contributed by atoms with van der Waals surface area (Å²) >= 11 is 0. The fourth-order valence-electron chi connectivity index (χ4n) is 3.23. The van der Waals surface area contributed by atoms with Gasteiger partial charge in [0.15, 0.2) is 0 Å². The molecular formula is C18H22N2O3. The Balaban J connectivity index is 1.63. The number of nitrogens with zero attached hydrogens (tertiary/aromatic N) is 2. The first-order chi connectivity index (χ1) is 11.1. The van der Waals surface area contributed by atoms with Crippen molar-refractivity contribution in [3.05, 3.63) is 29.8 Å². The predicted molar refractivity (Wildman–Crippen MR) is 87.3 cm³/mol. The van der Waals surface area contributed by atoms with Crippen LogP contribution in [0.2, 0.25) is 0 Å². The number of carbonyl (C=O) groups excluding carboxylic acids is 2. The zero-order valence-electron chi connectivity index (χ0n) is 13.5. The minimum Gasteiger partial charge on any atom is -0.422 e. The predicted octanol–water partition coefficient (Wildman–Crippen LogP) is 3.25. The van der Waals surface area contributed by atoms with Crippen LogP contribution in [0.25, 0.3) is 0 Å².